The second-order valence-corrected chi connectivity index (χ2v) is 2.31. The van der Waals surface area contributed by atoms with Gasteiger partial charge in [0.15, 0.2) is 0 Å². The highest BCUT2D eigenvalue weighted by atomic mass is 35.5. The average Bonchev–Trinajstić information content (AvgIpc) is 1.85. The molecule has 0 radical (unpaired) electrons. The lowest BCUT2D eigenvalue weighted by molar-refractivity contribution is 0.545. The molecule has 2 nitrogen and oxygen atoms in total. The van der Waals surface area contributed by atoms with Gasteiger partial charge >= 0.3 is 0 Å². The minimum Gasteiger partial charge on any atom is -0.323 e. The Bertz CT molecular complexity index is 266. The Morgan fingerprint density at radius 2 is 2.08 bits per heavy atom. The second-order valence-electron chi connectivity index (χ2n) is 2.31. The summed E-state index contributed by atoms with van der Waals surface area (Å²) in [6.45, 7) is 1.59. The molecule has 2 N–H and O–H groups in total. The van der Waals surface area contributed by atoms with Crippen LogP contribution in [0.4, 0.5) is 8.78 Å². The third-order valence-corrected chi connectivity index (χ3v) is 1.27. The van der Waals surface area contributed by atoms with Crippen molar-refractivity contribution in [3.63, 3.8) is 0 Å². The quantitative estimate of drug-likeness (QED) is 0.741. The molecule has 0 aliphatic carbocycles. The van der Waals surface area contributed by atoms with Crippen molar-refractivity contribution in [2.45, 2.75) is 13.0 Å². The van der Waals surface area contributed by atoms with E-state index in [0.717, 1.165) is 12.3 Å². The molecule has 1 aromatic heterocycles. The van der Waals surface area contributed by atoms with Crippen molar-refractivity contribution in [1.82, 2.24) is 4.98 Å². The van der Waals surface area contributed by atoms with Crippen LogP contribution >= 0.6 is 12.4 Å². The van der Waals surface area contributed by atoms with Gasteiger partial charge in [-0.3, -0.25) is 4.98 Å². The molecule has 0 saturated heterocycles. The molecule has 5 heteroatoms. The summed E-state index contributed by atoms with van der Waals surface area (Å²) in [4.78, 5) is 3.50. The first kappa shape index (κ1) is 11.3. The average molecular weight is 195 g/mol. The SMILES string of the molecule is C[C@@H](N)c1ncc(F)cc1F.Cl. The zero-order valence-corrected chi connectivity index (χ0v) is 7.24. The van der Waals surface area contributed by atoms with E-state index in [2.05, 4.69) is 4.98 Å². The lowest BCUT2D eigenvalue weighted by Crippen LogP contribution is -2.09. The smallest absolute Gasteiger partial charge is 0.149 e. The zero-order valence-electron chi connectivity index (χ0n) is 6.42. The van der Waals surface area contributed by atoms with Crippen molar-refractivity contribution in [3.05, 3.63) is 29.6 Å². The summed E-state index contributed by atoms with van der Waals surface area (Å²) < 4.78 is 25.0. The first-order chi connectivity index (χ1) is 5.11. The summed E-state index contributed by atoms with van der Waals surface area (Å²) >= 11 is 0. The van der Waals surface area contributed by atoms with Crippen molar-refractivity contribution in [2.24, 2.45) is 5.73 Å². The molecular formula is C7H9ClF2N2. The first-order valence-corrected chi connectivity index (χ1v) is 3.18. The fourth-order valence-corrected chi connectivity index (χ4v) is 0.760. The summed E-state index contributed by atoms with van der Waals surface area (Å²) in [5.41, 5.74) is 5.43. The van der Waals surface area contributed by atoms with Crippen LogP contribution in [0.1, 0.15) is 18.7 Å². The molecule has 0 amide bonds. The number of hydrogen-bond acceptors (Lipinski definition) is 2. The van der Waals surface area contributed by atoms with Gasteiger partial charge in [-0.1, -0.05) is 0 Å². The number of hydrogen-bond donors (Lipinski definition) is 1. The zero-order chi connectivity index (χ0) is 8.43. The van der Waals surface area contributed by atoms with Crippen molar-refractivity contribution in [2.75, 3.05) is 0 Å². The summed E-state index contributed by atoms with van der Waals surface area (Å²) in [6.07, 6.45) is 0.946. The fourth-order valence-electron chi connectivity index (χ4n) is 0.760. The lowest BCUT2D eigenvalue weighted by Gasteiger charge is -2.04. The van der Waals surface area contributed by atoms with Gasteiger partial charge in [0.1, 0.15) is 11.6 Å². The molecule has 1 rings (SSSR count). The lowest BCUT2D eigenvalue weighted by atomic mass is 10.2. The molecule has 1 aromatic rings. The Hall–Kier alpha value is -0.740. The molecular weight excluding hydrogens is 186 g/mol. The molecule has 0 aliphatic heterocycles. The highest BCUT2D eigenvalue weighted by Gasteiger charge is 2.08. The van der Waals surface area contributed by atoms with Gasteiger partial charge < -0.3 is 5.73 Å². The van der Waals surface area contributed by atoms with Gasteiger partial charge in [0.05, 0.1) is 11.9 Å². The van der Waals surface area contributed by atoms with Crippen LogP contribution in [-0.2, 0) is 0 Å². The Morgan fingerprint density at radius 3 is 2.50 bits per heavy atom. The number of rotatable bonds is 1. The van der Waals surface area contributed by atoms with Gasteiger partial charge in [0.2, 0.25) is 0 Å². The molecule has 0 saturated carbocycles. The molecule has 0 fully saturated rings. The van der Waals surface area contributed by atoms with Gasteiger partial charge in [0.25, 0.3) is 0 Å². The van der Waals surface area contributed by atoms with Crippen molar-refractivity contribution in [3.8, 4) is 0 Å². The number of nitrogens with two attached hydrogens (primary N) is 1. The summed E-state index contributed by atoms with van der Waals surface area (Å²) in [5, 5.41) is 0. The number of aromatic nitrogens is 1. The van der Waals surface area contributed by atoms with E-state index in [9.17, 15) is 8.78 Å². The van der Waals surface area contributed by atoms with Crippen LogP contribution in [0.3, 0.4) is 0 Å². The first-order valence-electron chi connectivity index (χ1n) is 3.18. The van der Waals surface area contributed by atoms with Crippen molar-refractivity contribution < 1.29 is 8.78 Å². The van der Waals surface area contributed by atoms with E-state index in [1.807, 2.05) is 0 Å². The van der Waals surface area contributed by atoms with Crippen molar-refractivity contribution >= 4 is 12.4 Å². The maximum atomic E-state index is 12.7. The molecule has 0 aromatic carbocycles. The standard InChI is InChI=1S/C7H8F2N2.ClH/c1-4(10)7-6(9)2-5(8)3-11-7;/h2-4H,10H2,1H3;1H/t4-;/m1./s1. The van der Waals surface area contributed by atoms with E-state index in [0.29, 0.717) is 0 Å². The Morgan fingerprint density at radius 1 is 1.50 bits per heavy atom. The molecule has 0 spiro atoms. The maximum Gasteiger partial charge on any atom is 0.149 e. The van der Waals surface area contributed by atoms with Gasteiger partial charge in [-0.05, 0) is 6.92 Å². The van der Waals surface area contributed by atoms with Gasteiger partial charge in [-0.2, -0.15) is 0 Å². The molecule has 0 unspecified atom stereocenters. The predicted molar refractivity (Wildman–Crippen MR) is 44.0 cm³/mol. The van der Waals surface area contributed by atoms with E-state index < -0.39 is 17.7 Å². The summed E-state index contributed by atoms with van der Waals surface area (Å²) in [6, 6.07) is 0.265. The van der Waals surface area contributed by atoms with Gasteiger partial charge in [-0.25, -0.2) is 8.78 Å². The summed E-state index contributed by atoms with van der Waals surface area (Å²) in [7, 11) is 0. The summed E-state index contributed by atoms with van der Waals surface area (Å²) in [5.74, 6) is -1.38. The third-order valence-electron chi connectivity index (χ3n) is 1.27. The van der Waals surface area contributed by atoms with Gasteiger partial charge in [-0.15, -0.1) is 12.4 Å². The molecule has 1 heterocycles. The molecule has 0 bridgehead atoms. The van der Waals surface area contributed by atoms with Crippen LogP contribution in [0.2, 0.25) is 0 Å². The van der Waals surface area contributed by atoms with Crippen LogP contribution in [0, 0.1) is 11.6 Å². The van der Waals surface area contributed by atoms with Crippen LogP contribution in [-0.4, -0.2) is 4.98 Å². The highest BCUT2D eigenvalue weighted by Crippen LogP contribution is 2.11. The molecule has 0 aliphatic rings. The van der Waals surface area contributed by atoms with E-state index in [1.165, 1.54) is 0 Å². The number of halogens is 3. The predicted octanol–water partition coefficient (Wildman–Crippen LogP) is 1.80. The second kappa shape index (κ2) is 4.33. The monoisotopic (exact) mass is 194 g/mol. The van der Waals surface area contributed by atoms with Crippen LogP contribution in [0.15, 0.2) is 12.3 Å². The molecule has 68 valence electrons. The minimum absolute atomic E-state index is 0. The normalized spacial score (nSPS) is 12.0. The molecule has 1 atom stereocenters. The highest BCUT2D eigenvalue weighted by molar-refractivity contribution is 5.85. The largest absolute Gasteiger partial charge is 0.323 e. The van der Waals surface area contributed by atoms with Crippen LogP contribution in [0.25, 0.3) is 0 Å². The van der Waals surface area contributed by atoms with Crippen LogP contribution in [0.5, 0.6) is 0 Å². The third kappa shape index (κ3) is 2.39. The fraction of sp³-hybridized carbons (Fsp3) is 0.286. The Balaban J connectivity index is 0.00000121. The Labute approximate surface area is 75.2 Å². The minimum atomic E-state index is -0.694. The van der Waals surface area contributed by atoms with Crippen LogP contribution < -0.4 is 5.73 Å². The van der Waals surface area contributed by atoms with E-state index in [1.54, 1.807) is 6.92 Å². The number of nitrogens with zero attached hydrogens (tertiary/aromatic N) is 1. The van der Waals surface area contributed by atoms with Crippen molar-refractivity contribution in [1.29, 1.82) is 0 Å². The van der Waals surface area contributed by atoms with E-state index in [-0.39, 0.29) is 18.1 Å². The van der Waals surface area contributed by atoms with E-state index in [4.69, 9.17) is 5.73 Å². The maximum absolute atomic E-state index is 12.7. The Kier molecular flexibility index (Phi) is 4.06. The van der Waals surface area contributed by atoms with Gasteiger partial charge in [0, 0.05) is 12.1 Å². The number of pyridine rings is 1. The molecule has 12 heavy (non-hydrogen) atoms. The van der Waals surface area contributed by atoms with E-state index >= 15 is 0 Å². The topological polar surface area (TPSA) is 38.9 Å².